The van der Waals surface area contributed by atoms with E-state index in [4.69, 9.17) is 5.11 Å². The van der Waals surface area contributed by atoms with Crippen LogP contribution in [0.25, 0.3) is 0 Å². The van der Waals surface area contributed by atoms with Crippen LogP contribution in [-0.2, 0) is 4.79 Å². The molecule has 2 fully saturated rings. The third-order valence-electron chi connectivity index (χ3n) is 4.26. The van der Waals surface area contributed by atoms with E-state index in [-0.39, 0.29) is 42.5 Å². The van der Waals surface area contributed by atoms with Gasteiger partial charge in [-0.25, -0.2) is 0 Å². The number of carbonyl (C=O) groups is 1. The average Bonchev–Trinajstić information content (AvgIpc) is 3.15. The summed E-state index contributed by atoms with van der Waals surface area (Å²) in [7, 11) is 0. The molecule has 22 heavy (non-hydrogen) atoms. The zero-order valence-electron chi connectivity index (χ0n) is 13.4. The van der Waals surface area contributed by atoms with Crippen LogP contribution in [0.5, 0.6) is 0 Å². The molecule has 0 spiro atoms. The summed E-state index contributed by atoms with van der Waals surface area (Å²) in [5, 5.41) is 15.4. The van der Waals surface area contributed by atoms with Gasteiger partial charge < -0.3 is 20.6 Å². The van der Waals surface area contributed by atoms with Gasteiger partial charge >= 0.3 is 0 Å². The van der Waals surface area contributed by atoms with Gasteiger partial charge in [-0.05, 0) is 26.2 Å². The van der Waals surface area contributed by atoms with Crippen LogP contribution in [-0.4, -0.2) is 60.7 Å². The number of likely N-dealkylation sites (tertiary alicyclic amines) is 1. The number of halogens is 1. The number of rotatable bonds is 5. The van der Waals surface area contributed by atoms with Gasteiger partial charge in [-0.3, -0.25) is 9.79 Å². The number of carbonyl (C=O) groups excluding carboxylic acids is 1. The minimum Gasteiger partial charge on any atom is -0.394 e. The maximum Gasteiger partial charge on any atom is 0.225 e. The monoisotopic (exact) mass is 424 g/mol. The molecule has 2 rings (SSSR count). The Morgan fingerprint density at radius 3 is 2.68 bits per heavy atom. The first-order valence-electron chi connectivity index (χ1n) is 8.19. The molecule has 0 bridgehead atoms. The second-order valence-corrected chi connectivity index (χ2v) is 5.88. The van der Waals surface area contributed by atoms with Gasteiger partial charge in [0, 0.05) is 31.6 Å². The van der Waals surface area contributed by atoms with Gasteiger partial charge in [-0.15, -0.1) is 24.0 Å². The summed E-state index contributed by atoms with van der Waals surface area (Å²) in [5.74, 6) is 1.33. The third kappa shape index (κ3) is 5.57. The number of amides is 1. The maximum absolute atomic E-state index is 12.4. The van der Waals surface area contributed by atoms with Gasteiger partial charge in [0.2, 0.25) is 5.91 Å². The highest BCUT2D eigenvalue weighted by Crippen LogP contribution is 2.27. The van der Waals surface area contributed by atoms with Crippen molar-refractivity contribution < 1.29 is 9.90 Å². The molecular formula is C15H29IN4O2. The van der Waals surface area contributed by atoms with E-state index in [1.165, 1.54) is 12.8 Å². The zero-order chi connectivity index (χ0) is 15.1. The molecule has 1 aliphatic carbocycles. The molecule has 1 aliphatic heterocycles. The van der Waals surface area contributed by atoms with Crippen molar-refractivity contribution in [1.29, 1.82) is 0 Å². The van der Waals surface area contributed by atoms with E-state index in [1.807, 2.05) is 11.8 Å². The number of nitrogens with zero attached hydrogens (tertiary/aromatic N) is 2. The van der Waals surface area contributed by atoms with Gasteiger partial charge in [0.05, 0.1) is 13.2 Å². The molecule has 1 amide bonds. The van der Waals surface area contributed by atoms with Crippen molar-refractivity contribution in [2.45, 2.75) is 45.1 Å². The molecule has 1 unspecified atom stereocenters. The highest BCUT2D eigenvalue weighted by molar-refractivity contribution is 14.0. The molecule has 1 atom stereocenters. The topological polar surface area (TPSA) is 77.0 Å². The third-order valence-corrected chi connectivity index (χ3v) is 4.26. The average molecular weight is 424 g/mol. The van der Waals surface area contributed by atoms with Crippen LogP contribution in [0, 0.1) is 5.92 Å². The predicted octanol–water partition coefficient (Wildman–Crippen LogP) is 0.943. The molecule has 0 aromatic rings. The van der Waals surface area contributed by atoms with E-state index < -0.39 is 0 Å². The summed E-state index contributed by atoms with van der Waals surface area (Å²) in [6, 6.07) is 0.256. The van der Waals surface area contributed by atoms with Crippen LogP contribution in [0.15, 0.2) is 4.99 Å². The van der Waals surface area contributed by atoms with Crippen molar-refractivity contribution in [2.75, 3.05) is 32.8 Å². The van der Waals surface area contributed by atoms with Crippen molar-refractivity contribution in [2.24, 2.45) is 10.9 Å². The lowest BCUT2D eigenvalue weighted by Gasteiger charge is -2.21. The van der Waals surface area contributed by atoms with Crippen molar-refractivity contribution in [1.82, 2.24) is 15.5 Å². The number of hydrogen-bond donors (Lipinski definition) is 3. The molecule has 1 heterocycles. The van der Waals surface area contributed by atoms with Crippen molar-refractivity contribution in [3.8, 4) is 0 Å². The Balaban J connectivity index is 0.00000242. The fraction of sp³-hybridized carbons (Fsp3) is 0.867. The molecule has 0 aromatic heterocycles. The summed E-state index contributed by atoms with van der Waals surface area (Å²) in [6.07, 6.45) is 5.48. The van der Waals surface area contributed by atoms with Crippen LogP contribution in [0.1, 0.15) is 39.0 Å². The minimum atomic E-state index is 0. The smallest absolute Gasteiger partial charge is 0.225 e. The number of guanidine groups is 1. The van der Waals surface area contributed by atoms with Crippen molar-refractivity contribution >= 4 is 35.8 Å². The summed E-state index contributed by atoms with van der Waals surface area (Å²) in [4.78, 5) is 18.7. The summed E-state index contributed by atoms with van der Waals surface area (Å²) in [5.41, 5.74) is 0. The largest absolute Gasteiger partial charge is 0.394 e. The zero-order valence-corrected chi connectivity index (χ0v) is 15.7. The maximum atomic E-state index is 12.4. The fourth-order valence-corrected chi connectivity index (χ4v) is 3.18. The minimum absolute atomic E-state index is 0. The van der Waals surface area contributed by atoms with E-state index in [1.54, 1.807) is 0 Å². The Labute approximate surface area is 150 Å². The number of nitrogens with one attached hydrogen (secondary N) is 2. The number of aliphatic hydroxyl groups excluding tert-OH is 1. The number of hydrogen-bond acceptors (Lipinski definition) is 3. The van der Waals surface area contributed by atoms with E-state index in [0.717, 1.165) is 44.9 Å². The Kier molecular flexibility index (Phi) is 9.08. The van der Waals surface area contributed by atoms with E-state index in [2.05, 4.69) is 15.6 Å². The molecule has 128 valence electrons. The SMILES string of the molecule is CCNC(=NCCO)NC1CCN(C(=O)C2CCCC2)C1.I. The summed E-state index contributed by atoms with van der Waals surface area (Å²) in [6.45, 7) is 4.85. The first-order chi connectivity index (χ1) is 10.2. The van der Waals surface area contributed by atoms with E-state index in [9.17, 15) is 4.79 Å². The normalized spacial score (nSPS) is 22.5. The lowest BCUT2D eigenvalue weighted by Crippen LogP contribution is -2.45. The number of aliphatic hydroxyl groups is 1. The summed E-state index contributed by atoms with van der Waals surface area (Å²) < 4.78 is 0. The molecule has 7 heteroatoms. The lowest BCUT2D eigenvalue weighted by atomic mass is 10.1. The van der Waals surface area contributed by atoms with Gasteiger partial charge in [-0.1, -0.05) is 12.8 Å². The van der Waals surface area contributed by atoms with Gasteiger partial charge in [0.1, 0.15) is 0 Å². The predicted molar refractivity (Wildman–Crippen MR) is 98.6 cm³/mol. The second-order valence-electron chi connectivity index (χ2n) is 5.88. The van der Waals surface area contributed by atoms with Gasteiger partial charge in [-0.2, -0.15) is 0 Å². The Hall–Kier alpha value is -0.570. The Bertz CT molecular complexity index is 373. The molecular weight excluding hydrogens is 395 g/mol. The van der Waals surface area contributed by atoms with E-state index >= 15 is 0 Å². The molecule has 6 nitrogen and oxygen atoms in total. The van der Waals surface area contributed by atoms with Gasteiger partial charge in [0.25, 0.3) is 0 Å². The summed E-state index contributed by atoms with van der Waals surface area (Å²) >= 11 is 0. The second kappa shape index (κ2) is 10.3. The molecule has 2 aliphatic rings. The molecule has 0 aromatic carbocycles. The highest BCUT2D eigenvalue weighted by Gasteiger charge is 2.32. The molecule has 1 saturated carbocycles. The highest BCUT2D eigenvalue weighted by atomic mass is 127. The fourth-order valence-electron chi connectivity index (χ4n) is 3.18. The first kappa shape index (κ1) is 19.5. The van der Waals surface area contributed by atoms with Crippen LogP contribution in [0.2, 0.25) is 0 Å². The standard InChI is InChI=1S/C15H28N4O2.HI/c1-2-16-15(17-8-10-20)18-13-7-9-19(11-13)14(21)12-5-3-4-6-12;/h12-13,20H,2-11H2,1H3,(H2,16,17,18);1H. The molecule has 3 N–H and O–H groups in total. The lowest BCUT2D eigenvalue weighted by molar-refractivity contribution is -0.134. The number of aliphatic imine (C=N–C) groups is 1. The Morgan fingerprint density at radius 2 is 2.05 bits per heavy atom. The molecule has 1 saturated heterocycles. The van der Waals surface area contributed by atoms with Crippen molar-refractivity contribution in [3.05, 3.63) is 0 Å². The van der Waals surface area contributed by atoms with E-state index in [0.29, 0.717) is 12.5 Å². The van der Waals surface area contributed by atoms with Crippen LogP contribution < -0.4 is 10.6 Å². The molecule has 0 radical (unpaired) electrons. The van der Waals surface area contributed by atoms with Crippen LogP contribution in [0.3, 0.4) is 0 Å². The van der Waals surface area contributed by atoms with Crippen LogP contribution in [0.4, 0.5) is 0 Å². The first-order valence-corrected chi connectivity index (χ1v) is 8.19. The Morgan fingerprint density at radius 1 is 1.32 bits per heavy atom. The quantitative estimate of drug-likeness (QED) is 0.349. The van der Waals surface area contributed by atoms with Crippen LogP contribution >= 0.6 is 24.0 Å². The van der Waals surface area contributed by atoms with Gasteiger partial charge in [0.15, 0.2) is 5.96 Å². The van der Waals surface area contributed by atoms with Crippen molar-refractivity contribution in [3.63, 3.8) is 0 Å².